The Hall–Kier alpha value is -1.55. The van der Waals surface area contributed by atoms with Crippen molar-refractivity contribution in [1.29, 1.82) is 0 Å². The summed E-state index contributed by atoms with van der Waals surface area (Å²) in [6.45, 7) is 2.98. The number of hydrogen-bond acceptors (Lipinski definition) is 4. The lowest BCUT2D eigenvalue weighted by Gasteiger charge is -2.09. The minimum absolute atomic E-state index is 0.103. The predicted octanol–water partition coefficient (Wildman–Crippen LogP) is 3.13. The summed E-state index contributed by atoms with van der Waals surface area (Å²) in [5.41, 5.74) is 8.60. The van der Waals surface area contributed by atoms with Crippen LogP contribution in [0.4, 0.5) is 0 Å². The normalized spacial score (nSPS) is 16.6. The molecule has 2 N–H and O–H groups in total. The van der Waals surface area contributed by atoms with E-state index >= 15 is 0 Å². The lowest BCUT2D eigenvalue weighted by atomic mass is 10.1. The molecule has 0 amide bonds. The van der Waals surface area contributed by atoms with Crippen LogP contribution in [0.15, 0.2) is 18.2 Å². The van der Waals surface area contributed by atoms with Gasteiger partial charge in [-0.25, -0.2) is 0 Å². The zero-order valence-electron chi connectivity index (χ0n) is 12.8. The molecule has 116 valence electrons. The Balaban J connectivity index is 1.62. The Kier molecular flexibility index (Phi) is 6.05. The molecule has 0 heterocycles. The Labute approximate surface area is 126 Å². The predicted molar refractivity (Wildman–Crippen MR) is 82.3 cm³/mol. The monoisotopic (exact) mass is 291 g/mol. The molecule has 0 aromatic heterocycles. The summed E-state index contributed by atoms with van der Waals surface area (Å²) < 4.78 is 10.7. The standard InChI is InChI=1S/C17H25NO3/c1-2-20-17(19)6-4-3-5-11-21-14-8-9-15-13(12-14)7-10-16(15)18/h8-9,12,16H,2-7,10-11,18H2,1H3/t16-/m0/s1. The summed E-state index contributed by atoms with van der Waals surface area (Å²) in [5.74, 6) is 0.821. The van der Waals surface area contributed by atoms with E-state index in [4.69, 9.17) is 15.2 Å². The molecular weight excluding hydrogens is 266 g/mol. The molecule has 0 spiro atoms. The first-order valence-corrected chi connectivity index (χ1v) is 7.87. The fourth-order valence-electron chi connectivity index (χ4n) is 2.69. The van der Waals surface area contributed by atoms with Crippen molar-refractivity contribution in [2.75, 3.05) is 13.2 Å². The molecule has 0 radical (unpaired) electrons. The van der Waals surface area contributed by atoms with Crippen molar-refractivity contribution in [3.8, 4) is 5.75 Å². The molecule has 21 heavy (non-hydrogen) atoms. The second kappa shape index (κ2) is 8.03. The van der Waals surface area contributed by atoms with Gasteiger partial charge in [0.2, 0.25) is 0 Å². The van der Waals surface area contributed by atoms with E-state index in [0.29, 0.717) is 19.6 Å². The van der Waals surface area contributed by atoms with Gasteiger partial charge in [0, 0.05) is 12.5 Å². The molecule has 1 aromatic rings. The number of carbonyl (C=O) groups excluding carboxylic acids is 1. The van der Waals surface area contributed by atoms with Gasteiger partial charge in [-0.05, 0) is 62.3 Å². The fraction of sp³-hybridized carbons (Fsp3) is 0.588. The summed E-state index contributed by atoms with van der Waals surface area (Å²) in [6.07, 6.45) is 5.39. The Bertz CT molecular complexity index is 473. The molecule has 0 aliphatic heterocycles. The molecule has 1 aromatic carbocycles. The highest BCUT2D eigenvalue weighted by atomic mass is 16.5. The lowest BCUT2D eigenvalue weighted by Crippen LogP contribution is -2.05. The molecule has 4 heteroatoms. The van der Waals surface area contributed by atoms with Gasteiger partial charge in [-0.3, -0.25) is 4.79 Å². The number of rotatable bonds is 8. The fourth-order valence-corrected chi connectivity index (χ4v) is 2.69. The highest BCUT2D eigenvalue weighted by molar-refractivity contribution is 5.69. The maximum absolute atomic E-state index is 11.2. The Morgan fingerprint density at radius 3 is 3.00 bits per heavy atom. The minimum atomic E-state index is -0.103. The Morgan fingerprint density at radius 2 is 2.19 bits per heavy atom. The number of fused-ring (bicyclic) bond motifs is 1. The second-order valence-electron chi connectivity index (χ2n) is 5.47. The van der Waals surface area contributed by atoms with Crippen molar-refractivity contribution < 1.29 is 14.3 Å². The molecule has 0 saturated carbocycles. The molecule has 1 aliphatic rings. The van der Waals surface area contributed by atoms with Crippen LogP contribution in [0.3, 0.4) is 0 Å². The van der Waals surface area contributed by atoms with Crippen molar-refractivity contribution in [1.82, 2.24) is 0 Å². The summed E-state index contributed by atoms with van der Waals surface area (Å²) in [6, 6.07) is 6.39. The molecule has 4 nitrogen and oxygen atoms in total. The van der Waals surface area contributed by atoms with Gasteiger partial charge < -0.3 is 15.2 Å². The van der Waals surface area contributed by atoms with Crippen LogP contribution in [0.1, 0.15) is 56.2 Å². The van der Waals surface area contributed by atoms with Crippen molar-refractivity contribution in [3.63, 3.8) is 0 Å². The highest BCUT2D eigenvalue weighted by Gasteiger charge is 2.18. The number of aryl methyl sites for hydroxylation is 1. The minimum Gasteiger partial charge on any atom is -0.494 e. The maximum atomic E-state index is 11.2. The quantitative estimate of drug-likeness (QED) is 0.590. The largest absolute Gasteiger partial charge is 0.494 e. The smallest absolute Gasteiger partial charge is 0.305 e. The maximum Gasteiger partial charge on any atom is 0.305 e. The van der Waals surface area contributed by atoms with Crippen LogP contribution >= 0.6 is 0 Å². The van der Waals surface area contributed by atoms with Gasteiger partial charge in [0.15, 0.2) is 0 Å². The number of nitrogens with two attached hydrogens (primary N) is 1. The van der Waals surface area contributed by atoms with Crippen LogP contribution < -0.4 is 10.5 Å². The van der Waals surface area contributed by atoms with Crippen LogP contribution in [0.5, 0.6) is 5.75 Å². The van der Waals surface area contributed by atoms with Gasteiger partial charge in [-0.15, -0.1) is 0 Å². The Morgan fingerprint density at radius 1 is 1.33 bits per heavy atom. The van der Waals surface area contributed by atoms with E-state index in [2.05, 4.69) is 12.1 Å². The summed E-state index contributed by atoms with van der Waals surface area (Å²) in [5, 5.41) is 0. The van der Waals surface area contributed by atoms with E-state index < -0.39 is 0 Å². The molecule has 0 unspecified atom stereocenters. The van der Waals surface area contributed by atoms with Gasteiger partial charge in [0.05, 0.1) is 13.2 Å². The number of esters is 1. The topological polar surface area (TPSA) is 61.5 Å². The van der Waals surface area contributed by atoms with Crippen LogP contribution in [0.25, 0.3) is 0 Å². The first-order chi connectivity index (χ1) is 10.2. The third-order valence-corrected chi connectivity index (χ3v) is 3.84. The second-order valence-corrected chi connectivity index (χ2v) is 5.47. The average molecular weight is 291 g/mol. The van der Waals surface area contributed by atoms with Gasteiger partial charge in [0.25, 0.3) is 0 Å². The van der Waals surface area contributed by atoms with Crippen LogP contribution in [-0.2, 0) is 16.0 Å². The third-order valence-electron chi connectivity index (χ3n) is 3.84. The van der Waals surface area contributed by atoms with Crippen molar-refractivity contribution in [2.24, 2.45) is 5.73 Å². The number of hydrogen-bond donors (Lipinski definition) is 1. The zero-order valence-corrected chi connectivity index (χ0v) is 12.8. The lowest BCUT2D eigenvalue weighted by molar-refractivity contribution is -0.143. The van der Waals surface area contributed by atoms with E-state index in [-0.39, 0.29) is 12.0 Å². The van der Waals surface area contributed by atoms with Crippen LogP contribution in [0.2, 0.25) is 0 Å². The van der Waals surface area contributed by atoms with Crippen molar-refractivity contribution >= 4 is 5.97 Å². The van der Waals surface area contributed by atoms with E-state index in [1.165, 1.54) is 11.1 Å². The molecule has 1 aliphatic carbocycles. The number of ether oxygens (including phenoxy) is 2. The number of benzene rings is 1. The SMILES string of the molecule is CCOC(=O)CCCCCOc1ccc2c(c1)CC[C@@H]2N. The first-order valence-electron chi connectivity index (χ1n) is 7.87. The van der Waals surface area contributed by atoms with Gasteiger partial charge in [0.1, 0.15) is 5.75 Å². The van der Waals surface area contributed by atoms with Crippen molar-refractivity contribution in [2.45, 2.75) is 51.5 Å². The third kappa shape index (κ3) is 4.74. The van der Waals surface area contributed by atoms with E-state index in [1.54, 1.807) is 0 Å². The summed E-state index contributed by atoms with van der Waals surface area (Å²) >= 11 is 0. The van der Waals surface area contributed by atoms with E-state index in [1.807, 2.05) is 13.0 Å². The number of carbonyl (C=O) groups is 1. The van der Waals surface area contributed by atoms with Gasteiger partial charge >= 0.3 is 5.97 Å². The van der Waals surface area contributed by atoms with Gasteiger partial charge in [-0.2, -0.15) is 0 Å². The molecule has 0 saturated heterocycles. The average Bonchev–Trinajstić information content (AvgIpc) is 2.84. The highest BCUT2D eigenvalue weighted by Crippen LogP contribution is 2.31. The zero-order chi connectivity index (χ0) is 15.1. The first kappa shape index (κ1) is 15.8. The molecule has 0 bridgehead atoms. The summed E-state index contributed by atoms with van der Waals surface area (Å²) in [7, 11) is 0. The van der Waals surface area contributed by atoms with Gasteiger partial charge in [-0.1, -0.05) is 6.07 Å². The summed E-state index contributed by atoms with van der Waals surface area (Å²) in [4.78, 5) is 11.2. The van der Waals surface area contributed by atoms with Crippen LogP contribution in [-0.4, -0.2) is 19.2 Å². The van der Waals surface area contributed by atoms with E-state index in [9.17, 15) is 4.79 Å². The van der Waals surface area contributed by atoms with E-state index in [0.717, 1.165) is 37.9 Å². The van der Waals surface area contributed by atoms with Crippen LogP contribution in [0, 0.1) is 0 Å². The molecular formula is C17H25NO3. The molecule has 2 rings (SSSR count). The molecule has 0 fully saturated rings. The number of unbranched alkanes of at least 4 members (excludes halogenated alkanes) is 2. The van der Waals surface area contributed by atoms with Crippen molar-refractivity contribution in [3.05, 3.63) is 29.3 Å². The molecule has 1 atom stereocenters.